The van der Waals surface area contributed by atoms with Crippen molar-refractivity contribution in [2.75, 3.05) is 10.5 Å². The molecule has 5 nitrogen and oxygen atoms in total. The van der Waals surface area contributed by atoms with Crippen molar-refractivity contribution in [2.45, 2.75) is 16.2 Å². The summed E-state index contributed by atoms with van der Waals surface area (Å²) in [6, 6.07) is 25.3. The van der Waals surface area contributed by atoms with Crippen LogP contribution in [-0.2, 0) is 16.4 Å². The first kappa shape index (κ1) is 22.8. The fourth-order valence-corrected chi connectivity index (χ4v) is 5.46. The van der Waals surface area contributed by atoms with Crippen LogP contribution in [0.5, 0.6) is 5.75 Å². The van der Waals surface area contributed by atoms with Crippen LogP contribution in [0.15, 0.2) is 107 Å². The van der Waals surface area contributed by atoms with Crippen molar-refractivity contribution in [2.24, 2.45) is 0 Å². The smallest absolute Gasteiger partial charge is 0.261 e. The van der Waals surface area contributed by atoms with E-state index in [1.165, 1.54) is 11.8 Å². The first-order valence-electron chi connectivity index (χ1n) is 10.2. The van der Waals surface area contributed by atoms with Gasteiger partial charge in [-0.1, -0.05) is 73.3 Å². The summed E-state index contributed by atoms with van der Waals surface area (Å²) in [7, 11) is -3.89. The van der Waals surface area contributed by atoms with E-state index in [1.54, 1.807) is 48.5 Å². The lowest BCUT2D eigenvalue weighted by Crippen LogP contribution is -2.13. The average Bonchev–Trinajstić information content (AvgIpc) is 2.81. The van der Waals surface area contributed by atoms with Crippen LogP contribution in [0, 0.1) is 0 Å². The lowest BCUT2D eigenvalue weighted by molar-refractivity contribution is 0.420. The van der Waals surface area contributed by atoms with E-state index in [1.807, 2.05) is 36.4 Å². The van der Waals surface area contributed by atoms with Crippen LogP contribution < -0.4 is 4.72 Å². The molecule has 0 saturated heterocycles. The number of fused-ring (bicyclic) bond motifs is 1. The number of benzene rings is 4. The van der Waals surface area contributed by atoms with Gasteiger partial charge in [0.15, 0.2) is 0 Å². The number of hydrogen-bond acceptors (Lipinski definition) is 5. The summed E-state index contributed by atoms with van der Waals surface area (Å²) in [6.07, 6.45) is 0.623. The van der Waals surface area contributed by atoms with Crippen molar-refractivity contribution in [3.8, 4) is 5.75 Å². The minimum atomic E-state index is -3.89. The Hall–Kier alpha value is -3.42. The number of aliphatic hydroxyl groups is 1. The maximum atomic E-state index is 13.3. The van der Waals surface area contributed by atoms with Crippen LogP contribution in [0.2, 0.25) is 0 Å². The van der Waals surface area contributed by atoms with E-state index in [0.29, 0.717) is 27.8 Å². The Morgan fingerprint density at radius 3 is 2.27 bits per heavy atom. The van der Waals surface area contributed by atoms with E-state index >= 15 is 0 Å². The molecule has 3 N–H and O–H groups in total. The third-order valence-corrected chi connectivity index (χ3v) is 7.54. The Morgan fingerprint density at radius 1 is 0.879 bits per heavy atom. The molecule has 0 atom stereocenters. The van der Waals surface area contributed by atoms with Crippen molar-refractivity contribution >= 4 is 38.2 Å². The second-order valence-corrected chi connectivity index (χ2v) is 10.3. The number of phenols is 1. The Labute approximate surface area is 197 Å². The van der Waals surface area contributed by atoms with Crippen molar-refractivity contribution in [3.63, 3.8) is 0 Å². The highest BCUT2D eigenvalue weighted by molar-refractivity contribution is 7.99. The van der Waals surface area contributed by atoms with Crippen molar-refractivity contribution in [1.82, 2.24) is 0 Å². The molecule has 168 valence electrons. The third-order valence-electron chi connectivity index (χ3n) is 5.08. The van der Waals surface area contributed by atoms with Gasteiger partial charge in [-0.25, -0.2) is 8.42 Å². The van der Waals surface area contributed by atoms with Gasteiger partial charge in [-0.15, -0.1) is 11.8 Å². The number of aliphatic hydroxyl groups excluding tert-OH is 1. The molecule has 0 bridgehead atoms. The quantitative estimate of drug-likeness (QED) is 0.162. The zero-order chi connectivity index (χ0) is 23.4. The third kappa shape index (κ3) is 5.32. The minimum Gasteiger partial charge on any atom is -0.512 e. The molecule has 0 saturated carbocycles. The highest BCUT2D eigenvalue weighted by atomic mass is 32.2. The normalized spacial score (nSPS) is 11.4. The van der Waals surface area contributed by atoms with E-state index < -0.39 is 10.0 Å². The van der Waals surface area contributed by atoms with E-state index in [2.05, 4.69) is 11.3 Å². The second kappa shape index (κ2) is 9.60. The number of rotatable bonds is 8. The number of thioether (sulfide) groups is 1. The number of hydrogen-bond donors (Lipinski definition) is 3. The number of sulfonamides is 1. The van der Waals surface area contributed by atoms with Crippen molar-refractivity contribution in [3.05, 3.63) is 108 Å². The second-order valence-electron chi connectivity index (χ2n) is 7.59. The Bertz CT molecular complexity index is 1420. The topological polar surface area (TPSA) is 86.6 Å². The maximum absolute atomic E-state index is 13.3. The molecule has 33 heavy (non-hydrogen) atoms. The standard InChI is InChI=1S/C26H23NO4S2/c1-18(28)17-32-25-16-24(22-12-5-6-13-23(22)26(25)29)27-33(30,31)21-11-7-10-20(15-21)14-19-8-3-2-4-9-19/h2-13,15-16,27-29H,1,14,17H2. The van der Waals surface area contributed by atoms with E-state index in [9.17, 15) is 18.6 Å². The lowest BCUT2D eigenvalue weighted by Gasteiger charge is -2.15. The Kier molecular flexibility index (Phi) is 6.62. The molecule has 0 unspecified atom stereocenters. The summed E-state index contributed by atoms with van der Waals surface area (Å²) in [4.78, 5) is 0.602. The van der Waals surface area contributed by atoms with Crippen LogP contribution in [0.4, 0.5) is 5.69 Å². The lowest BCUT2D eigenvalue weighted by atomic mass is 10.1. The number of nitrogens with one attached hydrogen (secondary N) is 1. The summed E-state index contributed by atoms with van der Waals surface area (Å²) in [5.41, 5.74) is 2.33. The summed E-state index contributed by atoms with van der Waals surface area (Å²) in [6.45, 7) is 3.46. The predicted octanol–water partition coefficient (Wildman–Crippen LogP) is 6.10. The molecule has 0 amide bonds. The van der Waals surface area contributed by atoms with Gasteiger partial charge < -0.3 is 10.2 Å². The molecular weight excluding hydrogens is 454 g/mol. The first-order chi connectivity index (χ1) is 15.8. The van der Waals surface area contributed by atoms with Crippen LogP contribution >= 0.6 is 11.8 Å². The average molecular weight is 478 g/mol. The largest absolute Gasteiger partial charge is 0.512 e. The highest BCUT2D eigenvalue weighted by Gasteiger charge is 2.19. The molecule has 0 spiro atoms. The summed E-state index contributed by atoms with van der Waals surface area (Å²) in [5, 5.41) is 21.2. The molecule has 0 aromatic heterocycles. The van der Waals surface area contributed by atoms with Gasteiger partial charge in [-0.3, -0.25) is 4.72 Å². The van der Waals surface area contributed by atoms with Crippen molar-refractivity contribution in [1.29, 1.82) is 0 Å². The van der Waals surface area contributed by atoms with Gasteiger partial charge in [0.1, 0.15) is 5.75 Å². The molecule has 0 radical (unpaired) electrons. The summed E-state index contributed by atoms with van der Waals surface area (Å²) < 4.78 is 29.2. The molecular formula is C26H23NO4S2. The fourth-order valence-electron chi connectivity index (χ4n) is 3.55. The Morgan fingerprint density at radius 2 is 1.55 bits per heavy atom. The van der Waals surface area contributed by atoms with Crippen LogP contribution in [0.3, 0.4) is 0 Å². The summed E-state index contributed by atoms with van der Waals surface area (Å²) >= 11 is 1.18. The zero-order valence-electron chi connectivity index (χ0n) is 17.7. The summed E-state index contributed by atoms with van der Waals surface area (Å²) in [5.74, 6) is 0.175. The van der Waals surface area contributed by atoms with Gasteiger partial charge in [0.05, 0.1) is 27.0 Å². The number of anilines is 1. The van der Waals surface area contributed by atoms with Gasteiger partial charge in [0.2, 0.25) is 0 Å². The van der Waals surface area contributed by atoms with E-state index in [0.717, 1.165) is 11.1 Å². The fraction of sp³-hybridized carbons (Fsp3) is 0.0769. The number of phenolic OH excluding ortho intramolecular Hbond substituents is 1. The van der Waals surface area contributed by atoms with E-state index in [-0.39, 0.29) is 22.2 Å². The maximum Gasteiger partial charge on any atom is 0.261 e. The van der Waals surface area contributed by atoms with Gasteiger partial charge in [-0.2, -0.15) is 0 Å². The van der Waals surface area contributed by atoms with Crippen molar-refractivity contribution < 1.29 is 18.6 Å². The first-order valence-corrected chi connectivity index (χ1v) is 12.7. The molecule has 4 aromatic rings. The minimum absolute atomic E-state index is 0.0321. The SMILES string of the molecule is C=C(O)CSc1cc(NS(=O)(=O)c2cccc(Cc3ccccc3)c2)c2ccccc2c1O. The molecule has 0 aliphatic carbocycles. The van der Waals surface area contributed by atoms with Crippen LogP contribution in [-0.4, -0.2) is 24.4 Å². The monoisotopic (exact) mass is 477 g/mol. The predicted molar refractivity (Wildman–Crippen MR) is 135 cm³/mol. The van der Waals surface area contributed by atoms with Gasteiger partial charge in [0, 0.05) is 10.8 Å². The molecule has 0 heterocycles. The van der Waals surface area contributed by atoms with E-state index in [4.69, 9.17) is 0 Å². The highest BCUT2D eigenvalue weighted by Crippen LogP contribution is 2.40. The molecule has 4 aromatic carbocycles. The molecule has 4 rings (SSSR count). The van der Waals surface area contributed by atoms with Crippen LogP contribution in [0.1, 0.15) is 11.1 Å². The Balaban J connectivity index is 1.69. The molecule has 7 heteroatoms. The van der Waals surface area contributed by atoms with Gasteiger partial charge in [0.25, 0.3) is 10.0 Å². The molecule has 0 fully saturated rings. The van der Waals surface area contributed by atoms with Crippen LogP contribution in [0.25, 0.3) is 10.8 Å². The zero-order valence-corrected chi connectivity index (χ0v) is 19.4. The molecule has 0 aliphatic heterocycles. The van der Waals surface area contributed by atoms with Gasteiger partial charge in [-0.05, 0) is 35.7 Å². The van der Waals surface area contributed by atoms with Gasteiger partial charge >= 0.3 is 0 Å². The number of aromatic hydroxyl groups is 1. The molecule has 0 aliphatic rings.